The van der Waals surface area contributed by atoms with Gasteiger partial charge in [-0.3, -0.25) is 10.8 Å². The topological polar surface area (TPSA) is 77.0 Å². The number of hydrogen-bond donors (Lipinski definition) is 3. The quantitative estimate of drug-likeness (QED) is 0.255. The number of allylic oxidation sites excluding steroid dienone is 2. The van der Waals surface area contributed by atoms with Crippen LogP contribution < -0.4 is 5.73 Å². The average Bonchev–Trinajstić information content (AvgIpc) is 2.26. The number of nitrogens with one attached hydrogen (secondary N) is 2. The second-order valence-corrected chi connectivity index (χ2v) is 3.61. The molecule has 0 spiro atoms. The Morgan fingerprint density at radius 3 is 1.81 bits per heavy atom. The Bertz CT molecular complexity index is 244. The minimum atomic E-state index is -0.169. The van der Waals surface area contributed by atoms with Crippen LogP contribution >= 0.6 is 0 Å². The lowest BCUT2D eigenvalue weighted by molar-refractivity contribution is 0.406. The van der Waals surface area contributed by atoms with Crippen molar-refractivity contribution in [3.8, 4) is 0 Å². The minimum Gasteiger partial charge on any atom is -0.381 e. The van der Waals surface area contributed by atoms with E-state index in [2.05, 4.69) is 13.2 Å². The van der Waals surface area contributed by atoms with Crippen LogP contribution in [0, 0.1) is 10.8 Å². The summed E-state index contributed by atoms with van der Waals surface area (Å²) in [7, 11) is 0. The summed E-state index contributed by atoms with van der Waals surface area (Å²) in [6.07, 6.45) is 7.44. The first kappa shape index (κ1) is 14.4. The molecular weight excluding hydrogens is 200 g/mol. The molecule has 0 rings (SSSR count). The van der Waals surface area contributed by atoms with E-state index in [0.29, 0.717) is 0 Å². The molecule has 0 aromatic carbocycles. The lowest BCUT2D eigenvalue weighted by atomic mass is 10.2. The highest BCUT2D eigenvalue weighted by atomic mass is 15.2. The third-order valence-corrected chi connectivity index (χ3v) is 2.24. The maximum atomic E-state index is 7.70. The van der Waals surface area contributed by atoms with Crippen LogP contribution in [0.4, 0.5) is 0 Å². The maximum absolute atomic E-state index is 7.70. The smallest absolute Gasteiger partial charge is 0.163 e. The van der Waals surface area contributed by atoms with Crippen molar-refractivity contribution in [1.82, 2.24) is 4.90 Å². The van der Waals surface area contributed by atoms with E-state index in [1.165, 1.54) is 0 Å². The minimum absolute atomic E-state index is 0.119. The molecule has 0 aromatic rings. The summed E-state index contributed by atoms with van der Waals surface area (Å²) < 4.78 is 0. The van der Waals surface area contributed by atoms with Crippen LogP contribution in [0.5, 0.6) is 0 Å². The van der Waals surface area contributed by atoms with Gasteiger partial charge in [0.25, 0.3) is 0 Å². The number of hydrogen-bond acceptors (Lipinski definition) is 2. The molecule has 0 aliphatic rings. The van der Waals surface area contributed by atoms with Crippen molar-refractivity contribution in [3.63, 3.8) is 0 Å². The molecule has 0 aromatic heterocycles. The van der Waals surface area contributed by atoms with E-state index in [9.17, 15) is 0 Å². The number of unbranched alkanes of at least 4 members (excludes halogenated alkanes) is 2. The second-order valence-electron chi connectivity index (χ2n) is 3.61. The van der Waals surface area contributed by atoms with Crippen LogP contribution in [0.15, 0.2) is 25.3 Å². The van der Waals surface area contributed by atoms with E-state index in [1.54, 1.807) is 0 Å². The molecule has 90 valence electrons. The largest absolute Gasteiger partial charge is 0.381 e. The molecule has 0 aliphatic carbocycles. The van der Waals surface area contributed by atoms with Gasteiger partial charge in [0.1, 0.15) is 0 Å². The van der Waals surface area contributed by atoms with Crippen LogP contribution in [-0.4, -0.2) is 29.7 Å². The summed E-state index contributed by atoms with van der Waals surface area (Å²) in [6, 6.07) is 0. The van der Waals surface area contributed by atoms with Gasteiger partial charge in [0.2, 0.25) is 0 Å². The van der Waals surface area contributed by atoms with Gasteiger partial charge in [-0.25, -0.2) is 0 Å². The van der Waals surface area contributed by atoms with Gasteiger partial charge in [-0.05, 0) is 25.7 Å². The average molecular weight is 222 g/mol. The monoisotopic (exact) mass is 222 g/mol. The van der Waals surface area contributed by atoms with Crippen molar-refractivity contribution in [2.75, 3.05) is 13.1 Å². The molecule has 4 heteroatoms. The standard InChI is InChI=1S/C12H22N4/c1-3-5-7-9-16(10-8-6-4-2)12(15)11(13)14/h3-4,15H,1-2,5-10H2,(H3,13,14). The van der Waals surface area contributed by atoms with Gasteiger partial charge in [-0.15, -0.1) is 13.2 Å². The van der Waals surface area contributed by atoms with Gasteiger partial charge >= 0.3 is 0 Å². The van der Waals surface area contributed by atoms with Crippen LogP contribution in [0.25, 0.3) is 0 Å². The molecule has 0 fully saturated rings. The molecule has 0 aliphatic heterocycles. The highest BCUT2D eigenvalue weighted by molar-refractivity contribution is 6.37. The molecule has 0 amide bonds. The Morgan fingerprint density at radius 2 is 1.50 bits per heavy atom. The Balaban J connectivity index is 4.14. The first-order valence-electron chi connectivity index (χ1n) is 5.53. The Hall–Kier alpha value is -1.58. The molecule has 0 bridgehead atoms. The summed E-state index contributed by atoms with van der Waals surface area (Å²) in [5.41, 5.74) is 5.32. The normalized spacial score (nSPS) is 9.50. The first-order chi connectivity index (χ1) is 7.63. The molecule has 0 atom stereocenters. The molecular formula is C12H22N4. The van der Waals surface area contributed by atoms with Crippen molar-refractivity contribution >= 4 is 11.7 Å². The van der Waals surface area contributed by atoms with Crippen molar-refractivity contribution in [2.24, 2.45) is 5.73 Å². The van der Waals surface area contributed by atoms with Gasteiger partial charge in [-0.2, -0.15) is 0 Å². The molecule has 0 unspecified atom stereocenters. The molecule has 0 heterocycles. The van der Waals surface area contributed by atoms with Crippen molar-refractivity contribution in [1.29, 1.82) is 10.8 Å². The Labute approximate surface area is 97.8 Å². The highest BCUT2D eigenvalue weighted by Crippen LogP contribution is 2.01. The highest BCUT2D eigenvalue weighted by Gasteiger charge is 2.10. The molecule has 4 nitrogen and oxygen atoms in total. The van der Waals surface area contributed by atoms with E-state index in [4.69, 9.17) is 16.6 Å². The van der Waals surface area contributed by atoms with Crippen LogP contribution in [0.2, 0.25) is 0 Å². The molecule has 0 saturated carbocycles. The second kappa shape index (κ2) is 8.71. The Kier molecular flexibility index (Phi) is 7.85. The van der Waals surface area contributed by atoms with Crippen molar-refractivity contribution < 1.29 is 0 Å². The number of amidine groups is 2. The third kappa shape index (κ3) is 6.01. The third-order valence-electron chi connectivity index (χ3n) is 2.24. The number of nitrogens with zero attached hydrogens (tertiary/aromatic N) is 1. The fourth-order valence-corrected chi connectivity index (χ4v) is 1.36. The fourth-order valence-electron chi connectivity index (χ4n) is 1.36. The maximum Gasteiger partial charge on any atom is 0.163 e. The number of nitrogens with two attached hydrogens (primary N) is 1. The molecule has 0 radical (unpaired) electrons. The summed E-state index contributed by atoms with van der Waals surface area (Å²) in [5.74, 6) is -0.0506. The Morgan fingerprint density at radius 1 is 1.06 bits per heavy atom. The molecule has 16 heavy (non-hydrogen) atoms. The van der Waals surface area contributed by atoms with E-state index >= 15 is 0 Å². The zero-order valence-corrected chi connectivity index (χ0v) is 9.84. The zero-order valence-electron chi connectivity index (χ0n) is 9.84. The van der Waals surface area contributed by atoms with Gasteiger partial charge in [0.15, 0.2) is 11.7 Å². The summed E-state index contributed by atoms with van der Waals surface area (Å²) in [4.78, 5) is 1.84. The molecule has 0 saturated heterocycles. The van der Waals surface area contributed by atoms with E-state index < -0.39 is 0 Å². The summed E-state index contributed by atoms with van der Waals surface area (Å²) >= 11 is 0. The predicted octanol–water partition coefficient (Wildman–Crippen LogP) is 2.13. The van der Waals surface area contributed by atoms with Gasteiger partial charge in [0.05, 0.1) is 0 Å². The SMILES string of the molecule is C=CCCCN(CCCC=C)C(=N)C(=N)N. The zero-order chi connectivity index (χ0) is 12.4. The van der Waals surface area contributed by atoms with Gasteiger partial charge in [-0.1, -0.05) is 12.2 Å². The fraction of sp³-hybridized carbons (Fsp3) is 0.500. The van der Waals surface area contributed by atoms with E-state index in [0.717, 1.165) is 38.8 Å². The van der Waals surface area contributed by atoms with Crippen molar-refractivity contribution in [3.05, 3.63) is 25.3 Å². The van der Waals surface area contributed by atoms with E-state index in [1.807, 2.05) is 17.1 Å². The van der Waals surface area contributed by atoms with Crippen LogP contribution in [0.3, 0.4) is 0 Å². The van der Waals surface area contributed by atoms with Crippen molar-refractivity contribution in [2.45, 2.75) is 25.7 Å². The van der Waals surface area contributed by atoms with Crippen LogP contribution in [0.1, 0.15) is 25.7 Å². The summed E-state index contributed by atoms with van der Waals surface area (Å²) in [5, 5.41) is 15.0. The van der Waals surface area contributed by atoms with E-state index in [-0.39, 0.29) is 11.7 Å². The lowest BCUT2D eigenvalue weighted by Gasteiger charge is -2.24. The lowest BCUT2D eigenvalue weighted by Crippen LogP contribution is -2.40. The predicted molar refractivity (Wildman–Crippen MR) is 70.1 cm³/mol. The first-order valence-corrected chi connectivity index (χ1v) is 5.53. The number of rotatable bonds is 8. The van der Waals surface area contributed by atoms with Gasteiger partial charge in [0, 0.05) is 13.1 Å². The van der Waals surface area contributed by atoms with Gasteiger partial charge < -0.3 is 10.6 Å². The molecule has 4 N–H and O–H groups in total. The summed E-state index contributed by atoms with van der Waals surface area (Å²) in [6.45, 7) is 8.82. The van der Waals surface area contributed by atoms with Crippen LogP contribution in [-0.2, 0) is 0 Å².